The van der Waals surface area contributed by atoms with Crippen molar-refractivity contribution in [1.82, 2.24) is 4.98 Å². The van der Waals surface area contributed by atoms with Crippen molar-refractivity contribution in [2.45, 2.75) is 59.0 Å². The molecule has 1 aliphatic rings. The molecule has 0 saturated heterocycles. The molecule has 0 fully saturated rings. The molecule has 1 aromatic rings. The summed E-state index contributed by atoms with van der Waals surface area (Å²) >= 11 is 0. The second-order valence-electron chi connectivity index (χ2n) is 5.12. The fourth-order valence-electron chi connectivity index (χ4n) is 2.37. The average molecular weight is 277 g/mol. The zero-order valence-electron chi connectivity index (χ0n) is 12.4. The molecule has 1 N–H and O–H groups in total. The molecule has 0 amide bonds. The first-order chi connectivity index (χ1) is 9.67. The number of ether oxygens (including phenoxy) is 2. The van der Waals surface area contributed by atoms with Crippen molar-refractivity contribution in [1.29, 1.82) is 0 Å². The highest BCUT2D eigenvalue weighted by Crippen LogP contribution is 2.39. The second kappa shape index (κ2) is 6.86. The minimum absolute atomic E-state index is 0.0174. The molecule has 2 heterocycles. The molecule has 20 heavy (non-hydrogen) atoms. The van der Waals surface area contributed by atoms with Crippen LogP contribution in [-0.4, -0.2) is 16.2 Å². The van der Waals surface area contributed by atoms with Crippen LogP contribution in [0.3, 0.4) is 0 Å². The van der Waals surface area contributed by atoms with E-state index in [1.54, 1.807) is 13.1 Å². The molecule has 4 heteroatoms. The summed E-state index contributed by atoms with van der Waals surface area (Å²) in [5.74, 6) is 0.194. The number of allylic oxidation sites excluding steroid dienone is 1. The van der Waals surface area contributed by atoms with Gasteiger partial charge in [0.1, 0.15) is 5.75 Å². The van der Waals surface area contributed by atoms with Crippen LogP contribution >= 0.6 is 0 Å². The zero-order chi connectivity index (χ0) is 14.5. The summed E-state index contributed by atoms with van der Waals surface area (Å²) in [6, 6.07) is 0. The molecule has 2 atom stereocenters. The molecule has 2 rings (SSSR count). The average Bonchev–Trinajstić information content (AvgIpc) is 2.84. The van der Waals surface area contributed by atoms with Gasteiger partial charge in [-0.05, 0) is 20.3 Å². The highest BCUT2D eigenvalue weighted by Gasteiger charge is 2.30. The predicted molar refractivity (Wildman–Crippen MR) is 77.4 cm³/mol. The van der Waals surface area contributed by atoms with Gasteiger partial charge >= 0.3 is 0 Å². The number of aryl methyl sites for hydroxylation is 1. The minimum Gasteiger partial charge on any atom is -0.506 e. The Labute approximate surface area is 120 Å². The molecule has 0 bridgehead atoms. The number of hydrogen-bond donors (Lipinski definition) is 1. The Morgan fingerprint density at radius 1 is 1.60 bits per heavy atom. The first-order valence-corrected chi connectivity index (χ1v) is 7.24. The zero-order valence-corrected chi connectivity index (χ0v) is 12.4. The van der Waals surface area contributed by atoms with E-state index in [-0.39, 0.29) is 11.9 Å². The van der Waals surface area contributed by atoms with Gasteiger partial charge in [-0.25, -0.2) is 0 Å². The smallest absolute Gasteiger partial charge is 0.188 e. The number of nitrogens with zero attached hydrogens (tertiary/aromatic N) is 1. The second-order valence-corrected chi connectivity index (χ2v) is 5.12. The summed E-state index contributed by atoms with van der Waals surface area (Å²) in [4.78, 5) is 4.15. The van der Waals surface area contributed by atoms with Crippen molar-refractivity contribution in [2.75, 3.05) is 0 Å². The van der Waals surface area contributed by atoms with Crippen LogP contribution in [0.25, 0.3) is 0 Å². The highest BCUT2D eigenvalue weighted by molar-refractivity contribution is 5.43. The predicted octanol–water partition coefficient (Wildman–Crippen LogP) is 3.78. The summed E-state index contributed by atoms with van der Waals surface area (Å²) < 4.78 is 11.7. The topological polar surface area (TPSA) is 51.6 Å². The maximum Gasteiger partial charge on any atom is 0.188 e. The van der Waals surface area contributed by atoms with Gasteiger partial charge in [0.15, 0.2) is 6.29 Å². The third-order valence-electron chi connectivity index (χ3n) is 3.53. The molecule has 0 saturated carbocycles. The van der Waals surface area contributed by atoms with Gasteiger partial charge in [-0.1, -0.05) is 31.9 Å². The monoisotopic (exact) mass is 277 g/mol. The van der Waals surface area contributed by atoms with Crippen LogP contribution in [0.5, 0.6) is 5.75 Å². The van der Waals surface area contributed by atoms with Gasteiger partial charge in [0.05, 0.1) is 24.0 Å². The lowest BCUT2D eigenvalue weighted by Gasteiger charge is -2.20. The van der Waals surface area contributed by atoms with E-state index in [2.05, 4.69) is 11.9 Å². The highest BCUT2D eigenvalue weighted by atomic mass is 16.7. The third-order valence-corrected chi connectivity index (χ3v) is 3.53. The summed E-state index contributed by atoms with van der Waals surface area (Å²) in [5, 5.41) is 10.2. The van der Waals surface area contributed by atoms with Crippen LogP contribution in [0.4, 0.5) is 0 Å². The number of aromatic nitrogens is 1. The van der Waals surface area contributed by atoms with Crippen molar-refractivity contribution < 1.29 is 14.6 Å². The SMILES string of the molecule is C/C=C/C(CCCC)OC1OCc2cnc(C)c(O)c21. The summed E-state index contributed by atoms with van der Waals surface area (Å²) in [5.41, 5.74) is 2.26. The maximum atomic E-state index is 10.2. The lowest BCUT2D eigenvalue weighted by Crippen LogP contribution is -2.14. The van der Waals surface area contributed by atoms with E-state index in [0.29, 0.717) is 12.3 Å². The number of pyridine rings is 1. The van der Waals surface area contributed by atoms with Crippen LogP contribution in [0, 0.1) is 6.92 Å². The molecule has 0 spiro atoms. The first-order valence-electron chi connectivity index (χ1n) is 7.24. The van der Waals surface area contributed by atoms with Crippen molar-refractivity contribution in [3.63, 3.8) is 0 Å². The van der Waals surface area contributed by atoms with Crippen LogP contribution < -0.4 is 0 Å². The van der Waals surface area contributed by atoms with Gasteiger partial charge in [0, 0.05) is 11.8 Å². The van der Waals surface area contributed by atoms with Gasteiger partial charge in [0.25, 0.3) is 0 Å². The van der Waals surface area contributed by atoms with E-state index in [1.165, 1.54) is 0 Å². The molecule has 1 aromatic heterocycles. The Balaban J connectivity index is 2.14. The van der Waals surface area contributed by atoms with Gasteiger partial charge in [0.2, 0.25) is 0 Å². The quantitative estimate of drug-likeness (QED) is 0.804. The lowest BCUT2D eigenvalue weighted by atomic mass is 10.1. The number of aromatic hydroxyl groups is 1. The molecule has 110 valence electrons. The maximum absolute atomic E-state index is 10.2. The van der Waals surface area contributed by atoms with E-state index < -0.39 is 6.29 Å². The minimum atomic E-state index is -0.496. The van der Waals surface area contributed by atoms with Crippen LogP contribution in [0.1, 0.15) is 56.2 Å². The Kier molecular flexibility index (Phi) is 5.15. The van der Waals surface area contributed by atoms with E-state index >= 15 is 0 Å². The van der Waals surface area contributed by atoms with Crippen LogP contribution in [0.2, 0.25) is 0 Å². The van der Waals surface area contributed by atoms with E-state index in [1.807, 2.05) is 19.1 Å². The largest absolute Gasteiger partial charge is 0.506 e. The number of fused-ring (bicyclic) bond motifs is 1. The van der Waals surface area contributed by atoms with Crippen molar-refractivity contribution in [3.8, 4) is 5.75 Å². The van der Waals surface area contributed by atoms with Crippen LogP contribution in [-0.2, 0) is 16.1 Å². The third kappa shape index (κ3) is 3.19. The fourth-order valence-corrected chi connectivity index (χ4v) is 2.37. The summed E-state index contributed by atoms with van der Waals surface area (Å²) in [6.45, 7) is 6.37. The standard InChI is InChI=1S/C16H23NO3/c1-4-6-8-13(7-5-2)20-16-14-12(10-19-16)9-17-11(3)15(14)18/h5,7,9,13,16,18H,4,6,8,10H2,1-3H3/b7-5+. The van der Waals surface area contributed by atoms with Gasteiger partial charge in [-0.3, -0.25) is 4.98 Å². The molecule has 0 radical (unpaired) electrons. The van der Waals surface area contributed by atoms with Crippen molar-refractivity contribution in [2.24, 2.45) is 0 Å². The number of unbranched alkanes of at least 4 members (excludes halogenated alkanes) is 1. The fraction of sp³-hybridized carbons (Fsp3) is 0.562. The number of rotatable bonds is 6. The molecular weight excluding hydrogens is 254 g/mol. The lowest BCUT2D eigenvalue weighted by molar-refractivity contribution is -0.158. The van der Waals surface area contributed by atoms with E-state index in [9.17, 15) is 5.11 Å². The molecule has 0 aromatic carbocycles. The molecule has 2 unspecified atom stereocenters. The Morgan fingerprint density at radius 3 is 3.10 bits per heavy atom. The molecular formula is C16H23NO3. The first kappa shape index (κ1) is 15.0. The van der Waals surface area contributed by atoms with Crippen molar-refractivity contribution >= 4 is 0 Å². The summed E-state index contributed by atoms with van der Waals surface area (Å²) in [7, 11) is 0. The Morgan fingerprint density at radius 2 is 2.40 bits per heavy atom. The van der Waals surface area contributed by atoms with Gasteiger partial charge in [-0.15, -0.1) is 0 Å². The summed E-state index contributed by atoms with van der Waals surface area (Å²) in [6.07, 6.45) is 8.51. The molecule has 4 nitrogen and oxygen atoms in total. The normalized spacial score (nSPS) is 19.4. The van der Waals surface area contributed by atoms with Crippen molar-refractivity contribution in [3.05, 3.63) is 35.2 Å². The Bertz CT molecular complexity index is 485. The van der Waals surface area contributed by atoms with Gasteiger partial charge in [-0.2, -0.15) is 0 Å². The molecule has 1 aliphatic heterocycles. The van der Waals surface area contributed by atoms with E-state index in [0.717, 1.165) is 30.4 Å². The van der Waals surface area contributed by atoms with Gasteiger partial charge < -0.3 is 14.6 Å². The molecule has 0 aliphatic carbocycles. The number of hydrogen-bond acceptors (Lipinski definition) is 4. The Hall–Kier alpha value is -1.39. The van der Waals surface area contributed by atoms with E-state index in [4.69, 9.17) is 9.47 Å². The van der Waals surface area contributed by atoms with Crippen LogP contribution in [0.15, 0.2) is 18.3 Å².